The topological polar surface area (TPSA) is 87.5 Å². The number of imidazole rings is 1. The predicted molar refractivity (Wildman–Crippen MR) is 129 cm³/mol. The summed E-state index contributed by atoms with van der Waals surface area (Å²) in [4.78, 5) is 29.4. The second-order valence-electron chi connectivity index (χ2n) is 8.79. The number of fused-ring (bicyclic) bond motifs is 1. The Morgan fingerprint density at radius 1 is 1.11 bits per heavy atom. The third-order valence-corrected chi connectivity index (χ3v) is 5.85. The fourth-order valence-electron chi connectivity index (χ4n) is 4.06. The molecule has 2 heterocycles. The second-order valence-corrected chi connectivity index (χ2v) is 8.79. The Balaban J connectivity index is 0.000000454. The molecule has 1 atom stereocenters. The van der Waals surface area contributed by atoms with Crippen molar-refractivity contribution in [3.8, 4) is 0 Å². The average Bonchev–Trinajstić information content (AvgIpc) is 3.25. The van der Waals surface area contributed by atoms with Crippen LogP contribution in [-0.2, 0) is 22.6 Å². The van der Waals surface area contributed by atoms with Gasteiger partial charge in [0.15, 0.2) is 0 Å². The van der Waals surface area contributed by atoms with Crippen LogP contribution in [0.5, 0.6) is 0 Å². The van der Waals surface area contributed by atoms with Gasteiger partial charge in [0.2, 0.25) is 5.91 Å². The molecule has 2 N–H and O–H groups in total. The Kier molecular flexibility index (Phi) is 8.52. The summed E-state index contributed by atoms with van der Waals surface area (Å²) in [6.07, 6.45) is -2.34. The summed E-state index contributed by atoms with van der Waals surface area (Å²) >= 11 is 0. The van der Waals surface area contributed by atoms with Crippen LogP contribution in [0.2, 0.25) is 0 Å². The fourth-order valence-corrected chi connectivity index (χ4v) is 4.06. The van der Waals surface area contributed by atoms with E-state index in [1.54, 1.807) is 0 Å². The van der Waals surface area contributed by atoms with Crippen molar-refractivity contribution in [3.05, 3.63) is 83.4 Å². The van der Waals surface area contributed by atoms with E-state index in [4.69, 9.17) is 9.90 Å². The van der Waals surface area contributed by atoms with Crippen LogP contribution < -0.4 is 5.32 Å². The molecular weight excluding hydrogens is 473 g/mol. The number of carbonyl (C=O) groups is 2. The summed E-state index contributed by atoms with van der Waals surface area (Å²) in [5.41, 5.74) is 5.19. The molecule has 1 aromatic heterocycles. The van der Waals surface area contributed by atoms with Crippen LogP contribution in [0.4, 0.5) is 18.9 Å². The highest BCUT2D eigenvalue weighted by atomic mass is 19.4. The predicted octanol–water partition coefficient (Wildman–Crippen LogP) is 5.14. The molecule has 0 radical (unpaired) electrons. The molecule has 4 rings (SSSR count). The Bertz CT molecular complexity index is 1190. The number of nitrogens with one attached hydrogen (secondary N) is 1. The molecule has 0 saturated carbocycles. The summed E-state index contributed by atoms with van der Waals surface area (Å²) in [5.74, 6) is -2.76. The van der Waals surface area contributed by atoms with E-state index in [0.717, 1.165) is 42.1 Å². The number of rotatable bonds is 5. The van der Waals surface area contributed by atoms with Crippen LogP contribution in [0.1, 0.15) is 48.4 Å². The molecule has 1 amide bonds. The highest BCUT2D eigenvalue weighted by Gasteiger charge is 2.38. The molecule has 0 aliphatic carbocycles. The van der Waals surface area contributed by atoms with Crippen molar-refractivity contribution >= 4 is 17.6 Å². The van der Waals surface area contributed by atoms with Crippen LogP contribution in [0.3, 0.4) is 0 Å². The molecule has 7 nitrogen and oxygen atoms in total. The van der Waals surface area contributed by atoms with E-state index in [2.05, 4.69) is 45.7 Å². The number of alkyl halides is 3. The zero-order valence-corrected chi connectivity index (χ0v) is 20.3. The zero-order chi connectivity index (χ0) is 26.5. The minimum Gasteiger partial charge on any atom is -0.475 e. The molecule has 10 heteroatoms. The van der Waals surface area contributed by atoms with Gasteiger partial charge in [0.05, 0.1) is 17.7 Å². The van der Waals surface area contributed by atoms with Gasteiger partial charge in [0, 0.05) is 31.2 Å². The molecule has 36 heavy (non-hydrogen) atoms. The number of hydrogen-bond acceptors (Lipinski definition) is 4. The van der Waals surface area contributed by atoms with E-state index in [9.17, 15) is 18.0 Å². The van der Waals surface area contributed by atoms with Gasteiger partial charge in [-0.25, -0.2) is 9.78 Å². The van der Waals surface area contributed by atoms with Crippen LogP contribution in [0.25, 0.3) is 0 Å². The molecule has 1 aliphatic rings. The molecule has 3 aromatic rings. The SMILES string of the molecule is Cc1ccccc1NC(=O)C1c2c(ncn2C(C)C)CCN1Cc1ccccc1.O=C(O)C(F)(F)F. The fraction of sp³-hybridized carbons (Fsp3) is 0.346. The number of aliphatic carboxylic acids is 1. The van der Waals surface area contributed by atoms with Gasteiger partial charge in [-0.2, -0.15) is 13.2 Å². The molecule has 0 bridgehead atoms. The normalized spacial score (nSPS) is 15.6. The van der Waals surface area contributed by atoms with E-state index < -0.39 is 12.1 Å². The Morgan fingerprint density at radius 2 is 1.72 bits per heavy atom. The number of carbonyl (C=O) groups excluding carboxylic acids is 1. The first-order chi connectivity index (χ1) is 17.0. The first-order valence-corrected chi connectivity index (χ1v) is 11.5. The maximum Gasteiger partial charge on any atom is 0.490 e. The quantitative estimate of drug-likeness (QED) is 0.504. The molecule has 192 valence electrons. The third kappa shape index (κ3) is 6.51. The molecular formula is C26H29F3N4O3. The summed E-state index contributed by atoms with van der Waals surface area (Å²) in [7, 11) is 0. The maximum atomic E-state index is 13.6. The highest BCUT2D eigenvalue weighted by Crippen LogP contribution is 2.33. The van der Waals surface area contributed by atoms with Crippen molar-refractivity contribution in [2.24, 2.45) is 0 Å². The Labute approximate surface area is 207 Å². The lowest BCUT2D eigenvalue weighted by Gasteiger charge is -2.36. The number of para-hydroxylation sites is 1. The number of nitrogens with zero attached hydrogens (tertiary/aromatic N) is 3. The minimum atomic E-state index is -5.08. The standard InChI is InChI=1S/C24H28N4O.C2HF3O2/c1-17(2)28-16-25-21-13-14-27(15-19-10-5-4-6-11-19)23(22(21)28)24(29)26-20-12-8-7-9-18(20)3;3-2(4,5)1(6)7/h4-12,16-17,23H,13-15H2,1-3H3,(H,26,29);(H,6,7). The molecule has 0 spiro atoms. The number of aromatic nitrogens is 2. The number of carboxylic acids is 1. The van der Waals surface area contributed by atoms with Gasteiger partial charge in [0.1, 0.15) is 6.04 Å². The first-order valence-electron chi connectivity index (χ1n) is 11.5. The Hall–Kier alpha value is -3.66. The first kappa shape index (κ1) is 26.9. The van der Waals surface area contributed by atoms with Crippen molar-refractivity contribution in [1.29, 1.82) is 0 Å². The lowest BCUT2D eigenvalue weighted by Crippen LogP contribution is -2.42. The molecule has 1 unspecified atom stereocenters. The van der Waals surface area contributed by atoms with Crippen LogP contribution in [0.15, 0.2) is 60.9 Å². The van der Waals surface area contributed by atoms with Gasteiger partial charge in [-0.05, 0) is 38.0 Å². The maximum absolute atomic E-state index is 13.6. The number of amides is 1. The largest absolute Gasteiger partial charge is 0.490 e. The zero-order valence-electron chi connectivity index (χ0n) is 20.3. The van der Waals surface area contributed by atoms with Gasteiger partial charge >= 0.3 is 12.1 Å². The van der Waals surface area contributed by atoms with Crippen LogP contribution in [0, 0.1) is 6.92 Å². The van der Waals surface area contributed by atoms with Gasteiger partial charge in [-0.3, -0.25) is 9.69 Å². The summed E-state index contributed by atoms with van der Waals surface area (Å²) in [6.45, 7) is 7.82. The van der Waals surface area contributed by atoms with Gasteiger partial charge in [-0.15, -0.1) is 0 Å². The summed E-state index contributed by atoms with van der Waals surface area (Å²) in [6, 6.07) is 18.1. The van der Waals surface area contributed by atoms with Gasteiger partial charge in [0.25, 0.3) is 0 Å². The lowest BCUT2D eigenvalue weighted by atomic mass is 9.99. The van der Waals surface area contributed by atoms with Crippen LogP contribution in [-0.4, -0.2) is 44.2 Å². The second kappa shape index (κ2) is 11.4. The van der Waals surface area contributed by atoms with Crippen LogP contribution >= 0.6 is 0 Å². The van der Waals surface area contributed by atoms with E-state index in [1.165, 1.54) is 5.56 Å². The Morgan fingerprint density at radius 3 is 2.31 bits per heavy atom. The highest BCUT2D eigenvalue weighted by molar-refractivity contribution is 5.96. The molecule has 1 aliphatic heterocycles. The number of aryl methyl sites for hydroxylation is 1. The summed E-state index contributed by atoms with van der Waals surface area (Å²) in [5, 5.41) is 10.3. The lowest BCUT2D eigenvalue weighted by molar-refractivity contribution is -0.192. The number of hydrogen-bond donors (Lipinski definition) is 2. The van der Waals surface area contributed by atoms with E-state index >= 15 is 0 Å². The van der Waals surface area contributed by atoms with Crippen molar-refractivity contribution in [2.45, 2.75) is 52.0 Å². The molecule has 0 saturated heterocycles. The van der Waals surface area contributed by atoms with Crippen molar-refractivity contribution in [2.75, 3.05) is 11.9 Å². The minimum absolute atomic E-state index is 0.00131. The number of halogens is 3. The van der Waals surface area contributed by atoms with Gasteiger partial charge < -0.3 is 15.0 Å². The number of benzene rings is 2. The molecule has 0 fully saturated rings. The number of carboxylic acid groups (broad SMARTS) is 1. The smallest absolute Gasteiger partial charge is 0.475 e. The van der Waals surface area contributed by atoms with E-state index in [-0.39, 0.29) is 18.0 Å². The monoisotopic (exact) mass is 502 g/mol. The third-order valence-electron chi connectivity index (χ3n) is 5.85. The molecule has 2 aromatic carbocycles. The van der Waals surface area contributed by atoms with Crippen molar-refractivity contribution in [3.63, 3.8) is 0 Å². The summed E-state index contributed by atoms with van der Waals surface area (Å²) < 4.78 is 33.9. The number of anilines is 1. The van der Waals surface area contributed by atoms with E-state index in [1.807, 2.05) is 55.7 Å². The van der Waals surface area contributed by atoms with Crippen molar-refractivity contribution < 1.29 is 27.9 Å². The van der Waals surface area contributed by atoms with Gasteiger partial charge in [-0.1, -0.05) is 48.5 Å². The van der Waals surface area contributed by atoms with E-state index in [0.29, 0.717) is 0 Å². The van der Waals surface area contributed by atoms with Crippen molar-refractivity contribution in [1.82, 2.24) is 14.5 Å². The average molecular weight is 503 g/mol.